The Labute approximate surface area is 151 Å². The summed E-state index contributed by atoms with van der Waals surface area (Å²) in [5.41, 5.74) is 8.01. The fourth-order valence-electron chi connectivity index (χ4n) is 3.05. The van der Waals surface area contributed by atoms with E-state index in [-0.39, 0.29) is 17.7 Å². The average Bonchev–Trinajstić information content (AvgIpc) is 3.19. The number of hydrogen-bond acceptors (Lipinski definition) is 5. The number of nitrogens with two attached hydrogens (primary N) is 1. The van der Waals surface area contributed by atoms with Crippen LogP contribution in [0.4, 0.5) is 5.13 Å². The number of anilines is 1. The molecule has 1 fully saturated rings. The number of aromatic nitrogens is 1. The molecule has 25 heavy (non-hydrogen) atoms. The number of hydrogen-bond donors (Lipinski definition) is 2. The van der Waals surface area contributed by atoms with Crippen molar-refractivity contribution in [3.05, 3.63) is 23.8 Å². The zero-order valence-electron chi connectivity index (χ0n) is 14.8. The van der Waals surface area contributed by atoms with Crippen LogP contribution in [0.2, 0.25) is 0 Å². The van der Waals surface area contributed by atoms with Gasteiger partial charge in [0.15, 0.2) is 5.13 Å². The van der Waals surface area contributed by atoms with E-state index in [4.69, 9.17) is 5.73 Å². The predicted octanol–water partition coefficient (Wildman–Crippen LogP) is 2.52. The van der Waals surface area contributed by atoms with Gasteiger partial charge in [0.05, 0.1) is 16.3 Å². The van der Waals surface area contributed by atoms with Crippen LogP contribution in [0.15, 0.2) is 18.2 Å². The number of amides is 2. The molecule has 0 bridgehead atoms. The van der Waals surface area contributed by atoms with Crippen molar-refractivity contribution < 1.29 is 9.59 Å². The van der Waals surface area contributed by atoms with Gasteiger partial charge in [-0.3, -0.25) is 9.59 Å². The van der Waals surface area contributed by atoms with Crippen LogP contribution < -0.4 is 11.1 Å². The molecule has 2 aromatic rings. The first-order valence-electron chi connectivity index (χ1n) is 8.61. The van der Waals surface area contributed by atoms with E-state index in [1.165, 1.54) is 11.3 Å². The first-order valence-corrected chi connectivity index (χ1v) is 9.42. The summed E-state index contributed by atoms with van der Waals surface area (Å²) in [6, 6.07) is 4.96. The number of carbonyl (C=O) groups is 2. The van der Waals surface area contributed by atoms with Gasteiger partial charge in [-0.05, 0) is 43.4 Å². The molecule has 3 N–H and O–H groups in total. The van der Waals surface area contributed by atoms with Crippen molar-refractivity contribution in [1.29, 1.82) is 0 Å². The highest BCUT2D eigenvalue weighted by molar-refractivity contribution is 7.22. The zero-order valence-corrected chi connectivity index (χ0v) is 15.6. The fourth-order valence-corrected chi connectivity index (χ4v) is 4.02. The van der Waals surface area contributed by atoms with Crippen molar-refractivity contribution in [3.8, 4) is 0 Å². The molecule has 1 aromatic heterocycles. The van der Waals surface area contributed by atoms with Crippen LogP contribution in [-0.2, 0) is 9.59 Å². The Morgan fingerprint density at radius 1 is 1.40 bits per heavy atom. The Bertz CT molecular complexity index is 801. The van der Waals surface area contributed by atoms with Crippen molar-refractivity contribution in [2.24, 2.45) is 11.7 Å². The molecule has 1 aromatic carbocycles. The molecule has 1 aliphatic rings. The van der Waals surface area contributed by atoms with Gasteiger partial charge in [-0.1, -0.05) is 31.3 Å². The Hall–Kier alpha value is -1.99. The van der Waals surface area contributed by atoms with E-state index in [0.717, 1.165) is 22.2 Å². The van der Waals surface area contributed by atoms with Crippen LogP contribution in [-0.4, -0.2) is 40.3 Å². The molecule has 1 aliphatic heterocycles. The summed E-state index contributed by atoms with van der Waals surface area (Å²) in [6.45, 7) is 6.43. The number of likely N-dealkylation sites (tertiary alicyclic amines) is 1. The number of thiazole rings is 1. The molecule has 0 radical (unpaired) electrons. The topological polar surface area (TPSA) is 88.3 Å². The molecule has 0 saturated carbocycles. The van der Waals surface area contributed by atoms with Crippen molar-refractivity contribution in [2.45, 2.75) is 45.7 Å². The molecular weight excluding hydrogens is 336 g/mol. The van der Waals surface area contributed by atoms with Crippen molar-refractivity contribution >= 4 is 38.5 Å². The maximum atomic E-state index is 12.7. The van der Waals surface area contributed by atoms with Crippen LogP contribution in [0.25, 0.3) is 10.2 Å². The van der Waals surface area contributed by atoms with E-state index < -0.39 is 12.1 Å². The van der Waals surface area contributed by atoms with Gasteiger partial charge < -0.3 is 16.0 Å². The predicted molar refractivity (Wildman–Crippen MR) is 101 cm³/mol. The number of benzene rings is 1. The van der Waals surface area contributed by atoms with Crippen molar-refractivity contribution in [3.63, 3.8) is 0 Å². The van der Waals surface area contributed by atoms with E-state index in [0.29, 0.717) is 18.1 Å². The minimum Gasteiger partial charge on any atom is -0.329 e. The standard InChI is InChI=1S/C18H24N4O2S/c1-10(2)15(19)17(24)22-8-4-5-13(22)16(23)21-18-20-12-7-6-11(3)9-14(12)25-18/h6-7,9-10,13,15H,4-5,8,19H2,1-3H3,(H,20,21,23)/t13-,15+/m0/s1. The van der Waals surface area contributed by atoms with Crippen molar-refractivity contribution in [2.75, 3.05) is 11.9 Å². The number of rotatable bonds is 4. The Morgan fingerprint density at radius 3 is 2.88 bits per heavy atom. The summed E-state index contributed by atoms with van der Waals surface area (Å²) in [4.78, 5) is 31.3. The van der Waals surface area contributed by atoms with Gasteiger partial charge in [-0.25, -0.2) is 4.98 Å². The molecule has 0 unspecified atom stereocenters. The number of fused-ring (bicyclic) bond motifs is 1. The number of aryl methyl sites for hydroxylation is 1. The normalized spacial score (nSPS) is 18.8. The number of nitrogens with zero attached hydrogens (tertiary/aromatic N) is 2. The Kier molecular flexibility index (Phi) is 5.06. The summed E-state index contributed by atoms with van der Waals surface area (Å²) in [5.74, 6) is -0.283. The minimum atomic E-state index is -0.571. The lowest BCUT2D eigenvalue weighted by atomic mass is 10.0. The lowest BCUT2D eigenvalue weighted by Gasteiger charge is -2.27. The fraction of sp³-hybridized carbons (Fsp3) is 0.500. The van der Waals surface area contributed by atoms with Crippen LogP contribution in [0.1, 0.15) is 32.3 Å². The Balaban J connectivity index is 1.73. The van der Waals surface area contributed by atoms with Gasteiger partial charge >= 0.3 is 0 Å². The molecule has 0 aliphatic carbocycles. The smallest absolute Gasteiger partial charge is 0.248 e. The molecule has 6 nitrogen and oxygen atoms in total. The largest absolute Gasteiger partial charge is 0.329 e. The minimum absolute atomic E-state index is 0.0457. The second-order valence-corrected chi connectivity index (χ2v) is 7.97. The third-order valence-corrected chi connectivity index (χ3v) is 5.55. The van der Waals surface area contributed by atoms with Crippen LogP contribution in [0.5, 0.6) is 0 Å². The van der Waals surface area contributed by atoms with E-state index >= 15 is 0 Å². The third kappa shape index (κ3) is 3.67. The summed E-state index contributed by atoms with van der Waals surface area (Å²) in [5, 5.41) is 3.45. The van der Waals surface area contributed by atoms with Gasteiger partial charge in [0, 0.05) is 6.54 Å². The second kappa shape index (κ2) is 7.09. The first kappa shape index (κ1) is 17.8. The maximum Gasteiger partial charge on any atom is 0.248 e. The first-order chi connectivity index (χ1) is 11.9. The van der Waals surface area contributed by atoms with Crippen LogP contribution in [0.3, 0.4) is 0 Å². The Morgan fingerprint density at radius 2 is 2.16 bits per heavy atom. The molecule has 3 rings (SSSR count). The third-order valence-electron chi connectivity index (χ3n) is 4.62. The van der Waals surface area contributed by atoms with Gasteiger partial charge in [0.25, 0.3) is 0 Å². The quantitative estimate of drug-likeness (QED) is 0.877. The molecule has 1 saturated heterocycles. The highest BCUT2D eigenvalue weighted by Crippen LogP contribution is 2.28. The number of nitrogens with one attached hydrogen (secondary N) is 1. The molecule has 2 heterocycles. The average molecular weight is 360 g/mol. The van der Waals surface area contributed by atoms with Crippen LogP contribution in [0, 0.1) is 12.8 Å². The SMILES string of the molecule is Cc1ccc2nc(NC(=O)[C@@H]3CCCN3C(=O)[C@H](N)C(C)C)sc2c1. The monoisotopic (exact) mass is 360 g/mol. The van der Waals surface area contributed by atoms with Gasteiger partial charge in [-0.15, -0.1) is 0 Å². The molecule has 7 heteroatoms. The summed E-state index contributed by atoms with van der Waals surface area (Å²) in [7, 11) is 0. The van der Waals surface area contributed by atoms with Crippen LogP contribution >= 0.6 is 11.3 Å². The summed E-state index contributed by atoms with van der Waals surface area (Å²) in [6.07, 6.45) is 1.47. The number of carbonyl (C=O) groups excluding carboxylic acids is 2. The van der Waals surface area contributed by atoms with Gasteiger partial charge in [0.1, 0.15) is 6.04 Å². The second-order valence-electron chi connectivity index (χ2n) is 6.94. The van der Waals surface area contributed by atoms with Gasteiger partial charge in [-0.2, -0.15) is 0 Å². The van der Waals surface area contributed by atoms with Gasteiger partial charge in [0.2, 0.25) is 11.8 Å². The van der Waals surface area contributed by atoms with E-state index in [2.05, 4.69) is 16.4 Å². The molecule has 0 spiro atoms. The molecule has 2 atom stereocenters. The maximum absolute atomic E-state index is 12.7. The molecule has 2 amide bonds. The van der Waals surface area contributed by atoms with E-state index in [1.807, 2.05) is 32.9 Å². The van der Waals surface area contributed by atoms with E-state index in [9.17, 15) is 9.59 Å². The van der Waals surface area contributed by atoms with Crippen molar-refractivity contribution in [1.82, 2.24) is 9.88 Å². The highest BCUT2D eigenvalue weighted by atomic mass is 32.1. The molecular formula is C18H24N4O2S. The summed E-state index contributed by atoms with van der Waals surface area (Å²) >= 11 is 1.45. The van der Waals surface area contributed by atoms with E-state index in [1.54, 1.807) is 4.90 Å². The highest BCUT2D eigenvalue weighted by Gasteiger charge is 2.37. The molecule has 134 valence electrons. The lowest BCUT2D eigenvalue weighted by molar-refractivity contribution is -0.138. The lowest BCUT2D eigenvalue weighted by Crippen LogP contribution is -2.51. The summed E-state index contributed by atoms with van der Waals surface area (Å²) < 4.78 is 1.04. The zero-order chi connectivity index (χ0) is 18.1.